The Kier molecular flexibility index (Phi) is 4.34. The Balaban J connectivity index is 2.29. The molecule has 0 radical (unpaired) electrons. The van der Waals surface area contributed by atoms with Gasteiger partial charge in [0, 0.05) is 12.6 Å². The molecule has 1 unspecified atom stereocenters. The molecule has 0 aromatic heterocycles. The Labute approximate surface area is 86.5 Å². The van der Waals surface area contributed by atoms with Gasteiger partial charge in [0.1, 0.15) is 0 Å². The number of sulfonamides is 1. The van der Waals surface area contributed by atoms with Crippen LogP contribution in [0.5, 0.6) is 0 Å². The lowest BCUT2D eigenvalue weighted by Gasteiger charge is -2.13. The predicted octanol–water partition coefficient (Wildman–Crippen LogP) is 0.456. The molecule has 0 amide bonds. The number of hydrogen-bond acceptors (Lipinski definition) is 3. The molecule has 5 heteroatoms. The summed E-state index contributed by atoms with van der Waals surface area (Å²) in [7, 11) is -3.09. The van der Waals surface area contributed by atoms with Gasteiger partial charge in [-0.1, -0.05) is 6.92 Å². The Morgan fingerprint density at radius 2 is 2.07 bits per heavy atom. The van der Waals surface area contributed by atoms with Crippen molar-refractivity contribution in [2.24, 2.45) is 0 Å². The Morgan fingerprint density at radius 3 is 2.57 bits per heavy atom. The van der Waals surface area contributed by atoms with Crippen LogP contribution >= 0.6 is 0 Å². The highest BCUT2D eigenvalue weighted by atomic mass is 32.2. The zero-order valence-electron chi connectivity index (χ0n) is 8.91. The van der Waals surface area contributed by atoms with Gasteiger partial charge in [0.2, 0.25) is 10.0 Å². The molecule has 0 bridgehead atoms. The highest BCUT2D eigenvalue weighted by Crippen LogP contribution is 2.20. The van der Waals surface area contributed by atoms with Gasteiger partial charge in [0.05, 0.1) is 5.25 Å². The topological polar surface area (TPSA) is 58.2 Å². The van der Waals surface area contributed by atoms with Crippen LogP contribution in [-0.4, -0.2) is 32.8 Å². The summed E-state index contributed by atoms with van der Waals surface area (Å²) in [4.78, 5) is 0. The van der Waals surface area contributed by atoms with Gasteiger partial charge in [0.25, 0.3) is 0 Å². The van der Waals surface area contributed by atoms with Crippen LogP contribution in [0.25, 0.3) is 0 Å². The third kappa shape index (κ3) is 3.94. The Hall–Kier alpha value is -0.130. The smallest absolute Gasteiger partial charge is 0.215 e. The first-order valence-corrected chi connectivity index (χ1v) is 6.82. The second-order valence-corrected chi connectivity index (χ2v) is 6.08. The van der Waals surface area contributed by atoms with Crippen LogP contribution in [0.15, 0.2) is 0 Å². The van der Waals surface area contributed by atoms with Crippen molar-refractivity contribution in [1.29, 1.82) is 0 Å². The lowest BCUT2D eigenvalue weighted by molar-refractivity contribution is 0.556. The van der Waals surface area contributed by atoms with Gasteiger partial charge < -0.3 is 5.32 Å². The van der Waals surface area contributed by atoms with E-state index in [2.05, 4.69) is 17.0 Å². The van der Waals surface area contributed by atoms with Gasteiger partial charge in [-0.05, 0) is 32.7 Å². The highest BCUT2D eigenvalue weighted by Gasteiger charge is 2.29. The first-order chi connectivity index (χ1) is 6.56. The van der Waals surface area contributed by atoms with Crippen LogP contribution in [0.2, 0.25) is 0 Å². The molecule has 2 N–H and O–H groups in total. The van der Waals surface area contributed by atoms with E-state index in [4.69, 9.17) is 0 Å². The Bertz CT molecular complexity index is 260. The second kappa shape index (κ2) is 5.09. The van der Waals surface area contributed by atoms with E-state index in [0.717, 1.165) is 25.8 Å². The third-order valence-corrected chi connectivity index (χ3v) is 4.18. The molecule has 14 heavy (non-hydrogen) atoms. The molecule has 0 aliphatic heterocycles. The maximum atomic E-state index is 11.6. The number of hydrogen-bond donors (Lipinski definition) is 2. The van der Waals surface area contributed by atoms with Gasteiger partial charge in [-0.25, -0.2) is 13.1 Å². The molecule has 4 nitrogen and oxygen atoms in total. The summed E-state index contributed by atoms with van der Waals surface area (Å²) in [6.07, 6.45) is 3.02. The maximum absolute atomic E-state index is 11.6. The van der Waals surface area contributed by atoms with Gasteiger partial charge in [0.15, 0.2) is 0 Å². The zero-order valence-corrected chi connectivity index (χ0v) is 9.73. The minimum absolute atomic E-state index is 0.216. The summed E-state index contributed by atoms with van der Waals surface area (Å²) in [5.74, 6) is 0. The fourth-order valence-corrected chi connectivity index (χ4v) is 2.41. The van der Waals surface area contributed by atoms with Crippen LogP contribution in [0, 0.1) is 0 Å². The summed E-state index contributed by atoms with van der Waals surface area (Å²) >= 11 is 0. The summed E-state index contributed by atoms with van der Waals surface area (Å²) < 4.78 is 25.9. The molecule has 1 aliphatic carbocycles. The zero-order chi connectivity index (χ0) is 10.6. The van der Waals surface area contributed by atoms with E-state index in [-0.39, 0.29) is 11.3 Å². The Morgan fingerprint density at radius 1 is 1.43 bits per heavy atom. The van der Waals surface area contributed by atoms with Crippen molar-refractivity contribution in [3.63, 3.8) is 0 Å². The minimum Gasteiger partial charge on any atom is -0.315 e. The van der Waals surface area contributed by atoms with E-state index in [0.29, 0.717) is 6.54 Å². The normalized spacial score (nSPS) is 19.6. The number of rotatable bonds is 7. The first kappa shape index (κ1) is 11.9. The molecular weight excluding hydrogens is 200 g/mol. The predicted molar refractivity (Wildman–Crippen MR) is 57.7 cm³/mol. The van der Waals surface area contributed by atoms with Crippen molar-refractivity contribution < 1.29 is 8.42 Å². The van der Waals surface area contributed by atoms with Crippen LogP contribution in [-0.2, 0) is 10.0 Å². The molecule has 0 aromatic carbocycles. The molecule has 0 spiro atoms. The molecule has 1 saturated carbocycles. The maximum Gasteiger partial charge on any atom is 0.215 e. The van der Waals surface area contributed by atoms with Gasteiger partial charge in [-0.15, -0.1) is 0 Å². The van der Waals surface area contributed by atoms with Crippen molar-refractivity contribution in [2.45, 2.75) is 44.4 Å². The quantitative estimate of drug-likeness (QED) is 0.613. The van der Waals surface area contributed by atoms with Crippen LogP contribution in [0.3, 0.4) is 0 Å². The third-order valence-electron chi connectivity index (χ3n) is 2.30. The molecule has 0 heterocycles. The molecule has 0 saturated heterocycles. The molecular formula is C9H20N2O2S. The van der Waals surface area contributed by atoms with Crippen LogP contribution in [0.4, 0.5) is 0 Å². The summed E-state index contributed by atoms with van der Waals surface area (Å²) in [6, 6.07) is 0.216. The van der Waals surface area contributed by atoms with Gasteiger partial charge >= 0.3 is 0 Å². The fraction of sp³-hybridized carbons (Fsp3) is 1.00. The molecule has 1 rings (SSSR count). The van der Waals surface area contributed by atoms with Crippen LogP contribution < -0.4 is 10.0 Å². The standard InChI is InChI=1S/C9H20N2O2S/c1-3-6-10-7-8(2)14(12,13)11-9-4-5-9/h8-11H,3-7H2,1-2H3. The molecule has 1 atom stereocenters. The SMILES string of the molecule is CCCNCC(C)S(=O)(=O)NC1CC1. The van der Waals surface area contributed by atoms with E-state index in [1.165, 1.54) is 0 Å². The summed E-state index contributed by atoms with van der Waals surface area (Å²) in [5, 5.41) is 2.78. The largest absolute Gasteiger partial charge is 0.315 e. The van der Waals surface area contributed by atoms with E-state index in [1.807, 2.05) is 0 Å². The lowest BCUT2D eigenvalue weighted by atomic mass is 10.4. The molecule has 1 aliphatic rings. The van der Waals surface area contributed by atoms with Crippen molar-refractivity contribution in [2.75, 3.05) is 13.1 Å². The molecule has 84 valence electrons. The van der Waals surface area contributed by atoms with Gasteiger partial charge in [-0.3, -0.25) is 0 Å². The minimum atomic E-state index is -3.09. The second-order valence-electron chi connectivity index (χ2n) is 3.95. The molecule has 1 fully saturated rings. The van der Waals surface area contributed by atoms with E-state index in [9.17, 15) is 8.42 Å². The van der Waals surface area contributed by atoms with E-state index >= 15 is 0 Å². The highest BCUT2D eigenvalue weighted by molar-refractivity contribution is 7.90. The van der Waals surface area contributed by atoms with Gasteiger partial charge in [-0.2, -0.15) is 0 Å². The molecule has 0 aromatic rings. The monoisotopic (exact) mass is 220 g/mol. The van der Waals surface area contributed by atoms with E-state index < -0.39 is 10.0 Å². The first-order valence-electron chi connectivity index (χ1n) is 5.28. The van der Waals surface area contributed by atoms with Crippen molar-refractivity contribution in [3.05, 3.63) is 0 Å². The van der Waals surface area contributed by atoms with Crippen molar-refractivity contribution in [3.8, 4) is 0 Å². The average Bonchev–Trinajstić information content (AvgIpc) is 2.88. The fourth-order valence-electron chi connectivity index (χ4n) is 1.14. The van der Waals surface area contributed by atoms with Crippen LogP contribution in [0.1, 0.15) is 33.1 Å². The lowest BCUT2D eigenvalue weighted by Crippen LogP contribution is -2.40. The average molecular weight is 220 g/mol. The van der Waals surface area contributed by atoms with Crippen molar-refractivity contribution in [1.82, 2.24) is 10.0 Å². The summed E-state index contributed by atoms with van der Waals surface area (Å²) in [6.45, 7) is 5.22. The van der Waals surface area contributed by atoms with Crippen molar-refractivity contribution >= 4 is 10.0 Å². The summed E-state index contributed by atoms with van der Waals surface area (Å²) in [5.41, 5.74) is 0. The number of nitrogens with one attached hydrogen (secondary N) is 2. The van der Waals surface area contributed by atoms with E-state index in [1.54, 1.807) is 6.92 Å².